The molecule has 0 heterocycles. The van der Waals surface area contributed by atoms with Gasteiger partial charge < -0.3 is 38.3 Å². The van der Waals surface area contributed by atoms with Crippen LogP contribution in [0.2, 0.25) is 0 Å². The van der Waals surface area contributed by atoms with Crippen molar-refractivity contribution in [3.8, 4) is 0 Å². The molecule has 0 aliphatic rings. The van der Waals surface area contributed by atoms with E-state index in [2.05, 4.69) is 20.9 Å². The summed E-state index contributed by atoms with van der Waals surface area (Å²) in [5, 5.41) is 18.0. The van der Waals surface area contributed by atoms with Crippen LogP contribution in [0.1, 0.15) is 50.5 Å². The van der Waals surface area contributed by atoms with E-state index >= 15 is 0 Å². The molecular formula is C22H39N7O3. The first-order chi connectivity index (χ1) is 15.4. The maximum Gasteiger partial charge on any atom is 0.269 e. The van der Waals surface area contributed by atoms with Crippen molar-refractivity contribution in [1.29, 1.82) is 0 Å². The molecule has 0 bridgehead atoms. The van der Waals surface area contributed by atoms with Crippen LogP contribution >= 0.6 is 0 Å². The summed E-state index contributed by atoms with van der Waals surface area (Å²) in [5.74, 6) is -0.891. The molecule has 0 aromatic heterocycles. The van der Waals surface area contributed by atoms with Crippen molar-refractivity contribution < 1.29 is 14.7 Å². The number of amides is 2. The Hall–Kier alpha value is -2.69. The highest BCUT2D eigenvalue weighted by atomic mass is 16.3. The second kappa shape index (κ2) is 16.9. The number of hydrogen-bond acceptors (Lipinski definition) is 6. The fourth-order valence-corrected chi connectivity index (χ4v) is 3.00. The van der Waals surface area contributed by atoms with Crippen LogP contribution < -0.4 is 33.2 Å². The minimum Gasteiger partial charge on any atom is -0.370 e. The lowest BCUT2D eigenvalue weighted by molar-refractivity contribution is -0.136. The molecule has 10 N–H and O–H groups in total. The third-order valence-electron chi connectivity index (χ3n) is 4.75. The summed E-state index contributed by atoms with van der Waals surface area (Å²) in [6.07, 6.45) is 4.76. The predicted molar refractivity (Wildman–Crippen MR) is 127 cm³/mol. The molecule has 32 heavy (non-hydrogen) atoms. The molecule has 0 radical (unpaired) electrons. The molecule has 1 unspecified atom stereocenters. The van der Waals surface area contributed by atoms with Crippen LogP contribution in [0.25, 0.3) is 0 Å². The SMILES string of the molecule is NCCCNCCCCNC(=O)C(O)NC(=O)CCCCCc1ccc(N=C(N)N)cc1. The van der Waals surface area contributed by atoms with Gasteiger partial charge in [-0.05, 0) is 75.9 Å². The van der Waals surface area contributed by atoms with E-state index in [1.165, 1.54) is 5.56 Å². The zero-order chi connectivity index (χ0) is 23.6. The van der Waals surface area contributed by atoms with Gasteiger partial charge >= 0.3 is 0 Å². The normalized spacial score (nSPS) is 11.6. The lowest BCUT2D eigenvalue weighted by Gasteiger charge is -2.13. The number of hydrogen-bond donors (Lipinski definition) is 7. The number of guanidine groups is 1. The van der Waals surface area contributed by atoms with E-state index in [4.69, 9.17) is 17.2 Å². The molecule has 1 rings (SSSR count). The number of rotatable bonds is 17. The maximum atomic E-state index is 11.9. The standard InChI is InChI=1S/C22H39N7O3/c23-13-6-15-26-14-4-5-16-27-20(31)21(32)29-19(30)8-3-1-2-7-17-9-11-18(12-10-17)28-22(24)25/h9-12,21,26,32H,1-8,13-16,23H2,(H,27,31)(H,29,30)(H4,24,25,28). The first kappa shape index (κ1) is 27.3. The third kappa shape index (κ3) is 13.6. The number of nitrogens with zero attached hydrogens (tertiary/aromatic N) is 1. The van der Waals surface area contributed by atoms with Crippen molar-refractivity contribution >= 4 is 23.5 Å². The molecule has 1 atom stereocenters. The molecule has 180 valence electrons. The van der Waals surface area contributed by atoms with Crippen molar-refractivity contribution in [3.63, 3.8) is 0 Å². The van der Waals surface area contributed by atoms with E-state index in [1.54, 1.807) is 0 Å². The molecule has 1 aromatic rings. The Bertz CT molecular complexity index is 691. The van der Waals surface area contributed by atoms with Crippen molar-refractivity contribution in [2.45, 2.75) is 57.6 Å². The highest BCUT2D eigenvalue weighted by Crippen LogP contribution is 2.15. The van der Waals surface area contributed by atoms with Gasteiger partial charge in [0, 0.05) is 13.0 Å². The molecule has 2 amide bonds. The van der Waals surface area contributed by atoms with Crippen LogP contribution in [0, 0.1) is 0 Å². The monoisotopic (exact) mass is 449 g/mol. The number of aliphatic hydroxyl groups is 1. The second-order valence-corrected chi connectivity index (χ2v) is 7.62. The van der Waals surface area contributed by atoms with Gasteiger partial charge in [-0.2, -0.15) is 0 Å². The van der Waals surface area contributed by atoms with E-state index in [9.17, 15) is 14.7 Å². The van der Waals surface area contributed by atoms with Crippen LogP contribution in [0.15, 0.2) is 29.3 Å². The van der Waals surface area contributed by atoms with Gasteiger partial charge in [0.25, 0.3) is 5.91 Å². The van der Waals surface area contributed by atoms with Gasteiger partial charge in [-0.1, -0.05) is 18.6 Å². The van der Waals surface area contributed by atoms with Gasteiger partial charge in [-0.25, -0.2) is 4.99 Å². The Labute approximate surface area is 190 Å². The first-order valence-corrected chi connectivity index (χ1v) is 11.3. The number of carbonyl (C=O) groups is 2. The Morgan fingerprint density at radius 2 is 1.62 bits per heavy atom. The fraction of sp³-hybridized carbons (Fsp3) is 0.591. The van der Waals surface area contributed by atoms with Gasteiger partial charge in [-0.3, -0.25) is 9.59 Å². The highest BCUT2D eigenvalue weighted by molar-refractivity contribution is 5.86. The molecular weight excluding hydrogens is 410 g/mol. The van der Waals surface area contributed by atoms with E-state index < -0.39 is 12.1 Å². The Balaban J connectivity index is 2.08. The van der Waals surface area contributed by atoms with Gasteiger partial charge in [0.2, 0.25) is 12.1 Å². The topological polar surface area (TPSA) is 181 Å². The molecule has 0 spiro atoms. The zero-order valence-corrected chi connectivity index (χ0v) is 18.8. The summed E-state index contributed by atoms with van der Waals surface area (Å²) < 4.78 is 0. The van der Waals surface area contributed by atoms with E-state index in [-0.39, 0.29) is 18.3 Å². The molecule has 1 aromatic carbocycles. The third-order valence-corrected chi connectivity index (χ3v) is 4.75. The molecule has 0 aliphatic carbocycles. The summed E-state index contributed by atoms with van der Waals surface area (Å²) in [4.78, 5) is 27.7. The minimum absolute atomic E-state index is 0.0286. The number of aliphatic hydroxyl groups excluding tert-OH is 1. The van der Waals surface area contributed by atoms with Crippen molar-refractivity contribution in [2.75, 3.05) is 26.2 Å². The van der Waals surface area contributed by atoms with Gasteiger partial charge in [0.1, 0.15) is 0 Å². The summed E-state index contributed by atoms with van der Waals surface area (Å²) in [7, 11) is 0. The zero-order valence-electron chi connectivity index (χ0n) is 18.8. The van der Waals surface area contributed by atoms with Crippen LogP contribution in [-0.2, 0) is 16.0 Å². The quantitative estimate of drug-likeness (QED) is 0.0754. The van der Waals surface area contributed by atoms with Crippen molar-refractivity contribution in [1.82, 2.24) is 16.0 Å². The van der Waals surface area contributed by atoms with E-state index in [1.807, 2.05) is 24.3 Å². The smallest absolute Gasteiger partial charge is 0.269 e. The van der Waals surface area contributed by atoms with Crippen molar-refractivity contribution in [3.05, 3.63) is 29.8 Å². The van der Waals surface area contributed by atoms with Gasteiger partial charge in [0.05, 0.1) is 5.69 Å². The molecule has 0 fully saturated rings. The summed E-state index contributed by atoms with van der Waals surface area (Å²) in [6, 6.07) is 7.66. The van der Waals surface area contributed by atoms with Gasteiger partial charge in [-0.15, -0.1) is 0 Å². The molecule has 0 aliphatic heterocycles. The van der Waals surface area contributed by atoms with Crippen LogP contribution in [-0.4, -0.2) is 55.3 Å². The lowest BCUT2D eigenvalue weighted by Crippen LogP contribution is -2.46. The predicted octanol–water partition coefficient (Wildman–Crippen LogP) is -0.0362. The van der Waals surface area contributed by atoms with E-state index in [0.717, 1.165) is 51.6 Å². The number of nitrogens with two attached hydrogens (primary N) is 3. The fourth-order valence-electron chi connectivity index (χ4n) is 3.00. The molecule has 10 nitrogen and oxygen atoms in total. The van der Waals surface area contributed by atoms with Crippen molar-refractivity contribution in [2.24, 2.45) is 22.2 Å². The maximum absolute atomic E-state index is 11.9. The van der Waals surface area contributed by atoms with Crippen LogP contribution in [0.3, 0.4) is 0 Å². The summed E-state index contributed by atoms with van der Waals surface area (Å²) in [6.45, 7) is 2.88. The Kier molecular flexibility index (Phi) is 14.5. The van der Waals surface area contributed by atoms with Crippen LogP contribution in [0.5, 0.6) is 0 Å². The Morgan fingerprint density at radius 1 is 0.938 bits per heavy atom. The first-order valence-electron chi connectivity index (χ1n) is 11.3. The molecule has 10 heteroatoms. The lowest BCUT2D eigenvalue weighted by atomic mass is 10.1. The number of aliphatic imine (C=N–C) groups is 1. The second-order valence-electron chi connectivity index (χ2n) is 7.62. The number of carbonyl (C=O) groups excluding carboxylic acids is 2. The summed E-state index contributed by atoms with van der Waals surface area (Å²) in [5.41, 5.74) is 18.0. The summed E-state index contributed by atoms with van der Waals surface area (Å²) >= 11 is 0. The number of unbranched alkanes of at least 4 members (excludes halogenated alkanes) is 3. The highest BCUT2D eigenvalue weighted by Gasteiger charge is 2.16. The number of nitrogens with one attached hydrogen (secondary N) is 3. The van der Waals surface area contributed by atoms with Crippen LogP contribution in [0.4, 0.5) is 5.69 Å². The Morgan fingerprint density at radius 3 is 2.31 bits per heavy atom. The average Bonchev–Trinajstić information content (AvgIpc) is 2.76. The number of benzene rings is 1. The molecule has 0 saturated heterocycles. The largest absolute Gasteiger partial charge is 0.370 e. The molecule has 0 saturated carbocycles. The number of aryl methyl sites for hydroxylation is 1. The average molecular weight is 450 g/mol. The minimum atomic E-state index is -1.52. The van der Waals surface area contributed by atoms with Gasteiger partial charge in [0.15, 0.2) is 5.96 Å². The van der Waals surface area contributed by atoms with E-state index in [0.29, 0.717) is 25.2 Å².